The summed E-state index contributed by atoms with van der Waals surface area (Å²) < 4.78 is 67.1. The molecule has 3 aliphatic heterocycles. The van der Waals surface area contributed by atoms with E-state index < -0.39 is 53.1 Å². The highest BCUT2D eigenvalue weighted by Crippen LogP contribution is 2.34. The van der Waals surface area contributed by atoms with Crippen LogP contribution in [0, 0.1) is 17.5 Å². The fourth-order valence-electron chi connectivity index (χ4n) is 4.74. The van der Waals surface area contributed by atoms with Gasteiger partial charge in [-0.2, -0.15) is 0 Å². The molecule has 3 saturated heterocycles. The Balaban J connectivity index is 0.00000130. The van der Waals surface area contributed by atoms with E-state index in [1.807, 2.05) is 18.7 Å². The molecule has 2 aromatic heterocycles. The van der Waals surface area contributed by atoms with Gasteiger partial charge in [0.1, 0.15) is 35.6 Å². The lowest BCUT2D eigenvalue weighted by atomic mass is 10.1. The van der Waals surface area contributed by atoms with Crippen LogP contribution in [-0.4, -0.2) is 79.0 Å². The zero-order chi connectivity index (χ0) is 25.4. The van der Waals surface area contributed by atoms with Gasteiger partial charge in [0.15, 0.2) is 17.8 Å². The number of aromatic nitrogens is 2. The molecule has 2 N–H and O–H groups in total. The number of nitrogens with zero attached hydrogens (tertiary/aromatic N) is 2. The molecule has 0 aliphatic carbocycles. The van der Waals surface area contributed by atoms with E-state index in [0.29, 0.717) is 37.5 Å². The van der Waals surface area contributed by atoms with Gasteiger partial charge in [-0.3, -0.25) is 0 Å². The number of ether oxygens (including phenoxy) is 4. The first-order chi connectivity index (χ1) is 17.5. The maximum atomic E-state index is 15.0. The number of hydrogen-bond acceptors (Lipinski definition) is 7. The monoisotopic (exact) mass is 507 g/mol. The van der Waals surface area contributed by atoms with Gasteiger partial charge in [0, 0.05) is 30.9 Å². The van der Waals surface area contributed by atoms with E-state index in [1.54, 1.807) is 0 Å². The number of rotatable bonds is 4. The Morgan fingerprint density at radius 3 is 2.39 bits per heavy atom. The van der Waals surface area contributed by atoms with Crippen LogP contribution in [0.25, 0.3) is 22.3 Å². The number of aliphatic hydroxyl groups is 1. The van der Waals surface area contributed by atoms with E-state index in [4.69, 9.17) is 18.9 Å². The summed E-state index contributed by atoms with van der Waals surface area (Å²) in [5, 5.41) is 9.87. The third-order valence-corrected chi connectivity index (χ3v) is 6.43. The minimum atomic E-state index is -0.898. The Bertz CT molecular complexity index is 1210. The summed E-state index contributed by atoms with van der Waals surface area (Å²) in [7, 11) is 0. The van der Waals surface area contributed by atoms with Crippen LogP contribution in [0.5, 0.6) is 5.88 Å². The maximum absolute atomic E-state index is 15.0. The lowest BCUT2D eigenvalue weighted by molar-refractivity contribution is 0.00794. The summed E-state index contributed by atoms with van der Waals surface area (Å²) in [4.78, 5) is 8.90. The average Bonchev–Trinajstić information content (AvgIpc) is 3.57. The largest absolute Gasteiger partial charge is 0.470 e. The van der Waals surface area contributed by atoms with Crippen LogP contribution in [0.1, 0.15) is 13.8 Å². The van der Waals surface area contributed by atoms with Crippen LogP contribution in [0.2, 0.25) is 0 Å². The molecule has 4 atom stereocenters. The summed E-state index contributed by atoms with van der Waals surface area (Å²) in [5.41, 5.74) is 0.0147. The zero-order valence-electron chi connectivity index (χ0n) is 20.0. The summed E-state index contributed by atoms with van der Waals surface area (Å²) >= 11 is 0. The maximum Gasteiger partial charge on any atom is 0.193 e. The van der Waals surface area contributed by atoms with E-state index in [1.165, 1.54) is 18.2 Å². The molecule has 0 amide bonds. The Morgan fingerprint density at radius 1 is 0.972 bits per heavy atom. The number of fused-ring (bicyclic) bond motifs is 2. The van der Waals surface area contributed by atoms with E-state index in [2.05, 4.69) is 9.97 Å². The molecule has 194 valence electrons. The third-order valence-electron chi connectivity index (χ3n) is 6.43. The van der Waals surface area contributed by atoms with Gasteiger partial charge in [0.2, 0.25) is 0 Å². The molecule has 3 aromatic rings. The van der Waals surface area contributed by atoms with Crippen LogP contribution in [0.4, 0.5) is 18.9 Å². The summed E-state index contributed by atoms with van der Waals surface area (Å²) in [6.45, 7) is 6.36. The molecule has 3 fully saturated rings. The normalized spacial score (nSPS) is 25.6. The SMILES string of the molecule is CC.O[C@@H]1CO[C@H]2C1OC[C@H]2Oc1cc2nc(-c3c(F)cc(N4CCOCC4)cc3F)c(F)cc2[nH]1. The molecule has 5 heterocycles. The number of nitrogens with one attached hydrogen (secondary N) is 1. The molecular formula is C25H28F3N3O5. The third kappa shape index (κ3) is 4.52. The molecule has 36 heavy (non-hydrogen) atoms. The first-order valence-corrected chi connectivity index (χ1v) is 12.1. The van der Waals surface area contributed by atoms with Crippen LogP contribution >= 0.6 is 0 Å². The number of aliphatic hydroxyl groups excluding tert-OH is 1. The molecule has 0 bridgehead atoms. The van der Waals surface area contributed by atoms with Crippen molar-refractivity contribution >= 4 is 16.7 Å². The number of pyridine rings is 1. The molecule has 1 unspecified atom stereocenters. The van der Waals surface area contributed by atoms with Crippen molar-refractivity contribution in [1.82, 2.24) is 9.97 Å². The molecule has 0 radical (unpaired) electrons. The van der Waals surface area contributed by atoms with Gasteiger partial charge in [-0.05, 0) is 12.1 Å². The Labute approximate surface area is 205 Å². The number of anilines is 1. The Morgan fingerprint density at radius 2 is 1.67 bits per heavy atom. The zero-order valence-corrected chi connectivity index (χ0v) is 20.0. The number of morpholine rings is 1. The number of benzene rings is 1. The van der Waals surface area contributed by atoms with Crippen molar-refractivity contribution in [1.29, 1.82) is 0 Å². The highest BCUT2D eigenvalue weighted by atomic mass is 19.1. The molecule has 6 rings (SSSR count). The second kappa shape index (κ2) is 10.3. The Kier molecular flexibility index (Phi) is 7.07. The van der Waals surface area contributed by atoms with Crippen LogP contribution < -0.4 is 9.64 Å². The Hall–Kier alpha value is -2.86. The molecule has 1 aromatic carbocycles. The molecule has 3 aliphatic rings. The second-order valence-corrected chi connectivity index (χ2v) is 8.59. The van der Waals surface area contributed by atoms with E-state index >= 15 is 0 Å². The van der Waals surface area contributed by atoms with E-state index in [0.717, 1.165) is 6.07 Å². The molecule has 11 heteroatoms. The van der Waals surface area contributed by atoms with Crippen molar-refractivity contribution in [3.8, 4) is 17.1 Å². The highest BCUT2D eigenvalue weighted by molar-refractivity contribution is 5.81. The number of H-pyrrole nitrogens is 1. The fourth-order valence-corrected chi connectivity index (χ4v) is 4.74. The summed E-state index contributed by atoms with van der Waals surface area (Å²) in [6.07, 6.45) is -2.06. The lowest BCUT2D eigenvalue weighted by Crippen LogP contribution is -2.36. The van der Waals surface area contributed by atoms with Crippen LogP contribution in [-0.2, 0) is 14.2 Å². The number of aromatic amines is 1. The minimum absolute atomic E-state index is 0.166. The average molecular weight is 508 g/mol. The van der Waals surface area contributed by atoms with E-state index in [9.17, 15) is 18.3 Å². The number of halogens is 3. The predicted molar refractivity (Wildman–Crippen MR) is 126 cm³/mol. The van der Waals surface area contributed by atoms with Crippen molar-refractivity contribution in [3.63, 3.8) is 0 Å². The van der Waals surface area contributed by atoms with Crippen LogP contribution in [0.3, 0.4) is 0 Å². The first-order valence-electron chi connectivity index (χ1n) is 12.1. The van der Waals surface area contributed by atoms with Crippen LogP contribution in [0.15, 0.2) is 24.3 Å². The molecule has 8 nitrogen and oxygen atoms in total. The quantitative estimate of drug-likeness (QED) is 0.560. The summed E-state index contributed by atoms with van der Waals surface area (Å²) in [5.74, 6) is -2.39. The fraction of sp³-hybridized carbons (Fsp3) is 0.480. The van der Waals surface area contributed by atoms with Gasteiger partial charge in [-0.1, -0.05) is 13.8 Å². The smallest absolute Gasteiger partial charge is 0.193 e. The van der Waals surface area contributed by atoms with Crippen molar-refractivity contribution in [2.75, 3.05) is 44.4 Å². The van der Waals surface area contributed by atoms with Gasteiger partial charge < -0.3 is 33.9 Å². The first kappa shape index (κ1) is 24.8. The highest BCUT2D eigenvalue weighted by Gasteiger charge is 2.48. The van der Waals surface area contributed by atoms with E-state index in [-0.39, 0.29) is 24.6 Å². The number of hydrogen-bond donors (Lipinski definition) is 2. The van der Waals surface area contributed by atoms with Crippen molar-refractivity contribution < 1.29 is 37.2 Å². The minimum Gasteiger partial charge on any atom is -0.470 e. The van der Waals surface area contributed by atoms with Gasteiger partial charge >= 0.3 is 0 Å². The van der Waals surface area contributed by atoms with Crippen molar-refractivity contribution in [3.05, 3.63) is 41.7 Å². The topological polar surface area (TPSA) is 89.1 Å². The lowest BCUT2D eigenvalue weighted by Gasteiger charge is -2.29. The molecule has 0 saturated carbocycles. The van der Waals surface area contributed by atoms with Crippen molar-refractivity contribution in [2.24, 2.45) is 0 Å². The standard InChI is InChI=1S/C23H22F3N3O5.C2H6/c24-12-5-11(29-1-3-31-4-2-29)6-13(25)20(12)21-14(26)7-15-16(28-21)8-19(27-15)34-18-10-33-22-17(30)9-32-23(18)22;1-2/h5-8,17-18,22-23,27,30H,1-4,9-10H2;1-2H3/t17-,18-,22?,23-;/m1./s1. The van der Waals surface area contributed by atoms with Gasteiger partial charge in [-0.15, -0.1) is 0 Å². The second-order valence-electron chi connectivity index (χ2n) is 8.59. The molecular weight excluding hydrogens is 479 g/mol. The predicted octanol–water partition coefficient (Wildman–Crippen LogP) is 3.42. The van der Waals surface area contributed by atoms with Gasteiger partial charge in [-0.25, -0.2) is 18.2 Å². The summed E-state index contributed by atoms with van der Waals surface area (Å²) in [6, 6.07) is 5.03. The van der Waals surface area contributed by atoms with Gasteiger partial charge in [0.05, 0.1) is 43.0 Å². The van der Waals surface area contributed by atoms with Gasteiger partial charge in [0.25, 0.3) is 0 Å². The van der Waals surface area contributed by atoms with Crippen molar-refractivity contribution in [2.45, 2.75) is 38.3 Å². The molecule has 0 spiro atoms.